The second kappa shape index (κ2) is 2.93. The van der Waals surface area contributed by atoms with Crippen molar-refractivity contribution < 1.29 is 0 Å². The number of hydrogen-bond acceptors (Lipinski definition) is 4. The molecule has 0 saturated carbocycles. The molecule has 0 saturated heterocycles. The van der Waals surface area contributed by atoms with Crippen LogP contribution in [-0.4, -0.2) is 21.8 Å². The first-order valence-electron chi connectivity index (χ1n) is 4.68. The molecule has 76 valence electrons. The minimum absolute atomic E-state index is 0.943. The van der Waals surface area contributed by atoms with E-state index in [1.54, 1.807) is 11.3 Å². The fourth-order valence-corrected chi connectivity index (χ4v) is 2.75. The van der Waals surface area contributed by atoms with Gasteiger partial charge in [0, 0.05) is 19.5 Å². The van der Waals surface area contributed by atoms with Crippen molar-refractivity contribution in [1.82, 2.24) is 14.8 Å². The van der Waals surface area contributed by atoms with Gasteiger partial charge in [-0.05, 0) is 12.1 Å². The van der Waals surface area contributed by atoms with E-state index >= 15 is 0 Å². The molecule has 3 rings (SSSR count). The predicted octanol–water partition coefficient (Wildman–Crippen LogP) is 2.22. The quantitative estimate of drug-likeness (QED) is 0.681. The Kier molecular flexibility index (Phi) is 1.70. The monoisotopic (exact) mass is 218 g/mol. The van der Waals surface area contributed by atoms with E-state index in [2.05, 4.69) is 21.5 Å². The van der Waals surface area contributed by atoms with Gasteiger partial charge < -0.3 is 5.32 Å². The lowest BCUT2D eigenvalue weighted by Crippen LogP contribution is -1.88. The molecule has 0 radical (unpaired) electrons. The normalized spacial score (nSPS) is 11.3. The topological polar surface area (TPSA) is 42.7 Å². The van der Waals surface area contributed by atoms with Crippen LogP contribution in [0.5, 0.6) is 0 Å². The molecule has 3 aromatic rings. The van der Waals surface area contributed by atoms with E-state index in [0.717, 1.165) is 21.6 Å². The van der Waals surface area contributed by atoms with Gasteiger partial charge in [-0.3, -0.25) is 4.68 Å². The first-order chi connectivity index (χ1) is 7.29. The summed E-state index contributed by atoms with van der Waals surface area (Å²) in [5, 5.41) is 9.43. The molecule has 0 unspecified atom stereocenters. The lowest BCUT2D eigenvalue weighted by Gasteiger charge is -1.94. The third-order valence-electron chi connectivity index (χ3n) is 2.47. The molecule has 15 heavy (non-hydrogen) atoms. The number of aromatic nitrogens is 3. The Balaban J connectivity index is 2.51. The standard InChI is InChI=1S/C10H10N4S/c1-11-10-13-7-4-3-6-5-12-14(2)8(6)9(7)15-10/h3-5H,1-2H3,(H,11,13). The molecule has 2 aromatic heterocycles. The van der Waals surface area contributed by atoms with Crippen LogP contribution < -0.4 is 5.32 Å². The lowest BCUT2D eigenvalue weighted by molar-refractivity contribution is 0.799. The lowest BCUT2D eigenvalue weighted by atomic mass is 10.2. The SMILES string of the molecule is CNc1nc2ccc3cnn(C)c3c2s1. The van der Waals surface area contributed by atoms with Crippen LogP contribution in [0.1, 0.15) is 0 Å². The molecule has 5 heteroatoms. The minimum atomic E-state index is 0.943. The van der Waals surface area contributed by atoms with Gasteiger partial charge in [0.15, 0.2) is 5.13 Å². The highest BCUT2D eigenvalue weighted by molar-refractivity contribution is 7.23. The van der Waals surface area contributed by atoms with Crippen molar-refractivity contribution in [3.63, 3.8) is 0 Å². The number of nitrogens with one attached hydrogen (secondary N) is 1. The zero-order valence-corrected chi connectivity index (χ0v) is 9.30. The molecular formula is C10H10N4S. The molecule has 0 aliphatic heterocycles. The van der Waals surface area contributed by atoms with E-state index in [9.17, 15) is 0 Å². The molecular weight excluding hydrogens is 208 g/mol. The summed E-state index contributed by atoms with van der Waals surface area (Å²) in [6.45, 7) is 0. The summed E-state index contributed by atoms with van der Waals surface area (Å²) >= 11 is 1.66. The van der Waals surface area contributed by atoms with Crippen LogP contribution in [0.4, 0.5) is 5.13 Å². The van der Waals surface area contributed by atoms with Crippen LogP contribution in [0.3, 0.4) is 0 Å². The molecule has 0 amide bonds. The van der Waals surface area contributed by atoms with Gasteiger partial charge in [0.1, 0.15) is 0 Å². The Labute approximate surface area is 90.5 Å². The van der Waals surface area contributed by atoms with E-state index < -0.39 is 0 Å². The zero-order chi connectivity index (χ0) is 10.4. The van der Waals surface area contributed by atoms with Crippen LogP contribution in [-0.2, 0) is 7.05 Å². The van der Waals surface area contributed by atoms with Gasteiger partial charge in [-0.2, -0.15) is 5.10 Å². The average molecular weight is 218 g/mol. The molecule has 1 N–H and O–H groups in total. The molecule has 2 heterocycles. The molecule has 0 fully saturated rings. The van der Waals surface area contributed by atoms with Gasteiger partial charge in [-0.25, -0.2) is 4.98 Å². The highest BCUT2D eigenvalue weighted by Gasteiger charge is 2.09. The first kappa shape index (κ1) is 8.67. The van der Waals surface area contributed by atoms with Crippen LogP contribution in [0, 0.1) is 0 Å². The Morgan fingerprint density at radius 1 is 1.40 bits per heavy atom. The summed E-state index contributed by atoms with van der Waals surface area (Å²) < 4.78 is 3.09. The number of fused-ring (bicyclic) bond motifs is 3. The third kappa shape index (κ3) is 1.13. The van der Waals surface area contributed by atoms with Crippen molar-refractivity contribution in [2.75, 3.05) is 12.4 Å². The van der Waals surface area contributed by atoms with E-state index in [1.807, 2.05) is 31.0 Å². The summed E-state index contributed by atoms with van der Waals surface area (Å²) in [6.07, 6.45) is 1.88. The second-order valence-corrected chi connectivity index (χ2v) is 4.39. The van der Waals surface area contributed by atoms with E-state index in [4.69, 9.17) is 0 Å². The Bertz CT molecular complexity index is 637. The minimum Gasteiger partial charge on any atom is -0.365 e. The molecule has 4 nitrogen and oxygen atoms in total. The molecule has 0 spiro atoms. The Morgan fingerprint density at radius 3 is 3.07 bits per heavy atom. The van der Waals surface area contributed by atoms with Gasteiger partial charge >= 0.3 is 0 Å². The van der Waals surface area contributed by atoms with Crippen molar-refractivity contribution in [2.24, 2.45) is 7.05 Å². The zero-order valence-electron chi connectivity index (χ0n) is 8.48. The molecule has 0 bridgehead atoms. The number of benzene rings is 1. The maximum atomic E-state index is 4.47. The fourth-order valence-electron chi connectivity index (χ4n) is 1.74. The molecule has 0 aliphatic rings. The summed E-state index contributed by atoms with van der Waals surface area (Å²) in [7, 11) is 3.85. The second-order valence-electron chi connectivity index (χ2n) is 3.39. The van der Waals surface area contributed by atoms with Crippen molar-refractivity contribution in [3.05, 3.63) is 18.3 Å². The maximum Gasteiger partial charge on any atom is 0.183 e. The van der Waals surface area contributed by atoms with Gasteiger partial charge in [-0.15, -0.1) is 0 Å². The largest absolute Gasteiger partial charge is 0.365 e. The number of hydrogen-bond donors (Lipinski definition) is 1. The van der Waals surface area contributed by atoms with E-state index in [-0.39, 0.29) is 0 Å². The summed E-state index contributed by atoms with van der Waals surface area (Å²) in [5.74, 6) is 0. The number of nitrogens with zero attached hydrogens (tertiary/aromatic N) is 3. The van der Waals surface area contributed by atoms with Crippen LogP contribution in [0.2, 0.25) is 0 Å². The highest BCUT2D eigenvalue weighted by Crippen LogP contribution is 2.31. The molecule has 0 atom stereocenters. The maximum absolute atomic E-state index is 4.47. The highest BCUT2D eigenvalue weighted by atomic mass is 32.1. The Morgan fingerprint density at radius 2 is 2.27 bits per heavy atom. The fraction of sp³-hybridized carbons (Fsp3) is 0.200. The van der Waals surface area contributed by atoms with E-state index in [0.29, 0.717) is 0 Å². The summed E-state index contributed by atoms with van der Waals surface area (Å²) in [5.41, 5.74) is 2.19. The number of anilines is 1. The summed E-state index contributed by atoms with van der Waals surface area (Å²) in [6, 6.07) is 4.10. The smallest absolute Gasteiger partial charge is 0.183 e. The number of rotatable bonds is 1. The average Bonchev–Trinajstić information content (AvgIpc) is 2.81. The molecule has 0 aliphatic carbocycles. The van der Waals surface area contributed by atoms with Gasteiger partial charge in [0.2, 0.25) is 0 Å². The van der Waals surface area contributed by atoms with E-state index in [1.165, 1.54) is 4.70 Å². The van der Waals surface area contributed by atoms with Crippen molar-refractivity contribution in [2.45, 2.75) is 0 Å². The van der Waals surface area contributed by atoms with Gasteiger partial charge in [-0.1, -0.05) is 11.3 Å². The van der Waals surface area contributed by atoms with Crippen LogP contribution in [0.15, 0.2) is 18.3 Å². The summed E-state index contributed by atoms with van der Waals surface area (Å²) in [4.78, 5) is 4.47. The van der Waals surface area contributed by atoms with Gasteiger partial charge in [0.05, 0.1) is 21.9 Å². The molecule has 1 aromatic carbocycles. The Hall–Kier alpha value is -1.62. The predicted molar refractivity (Wildman–Crippen MR) is 63.4 cm³/mol. The van der Waals surface area contributed by atoms with Gasteiger partial charge in [0.25, 0.3) is 0 Å². The third-order valence-corrected chi connectivity index (χ3v) is 3.57. The number of thiazole rings is 1. The van der Waals surface area contributed by atoms with Crippen molar-refractivity contribution in [1.29, 1.82) is 0 Å². The van der Waals surface area contributed by atoms with Crippen molar-refractivity contribution in [3.8, 4) is 0 Å². The number of aryl methyl sites for hydroxylation is 1. The van der Waals surface area contributed by atoms with Crippen molar-refractivity contribution >= 4 is 37.6 Å². The van der Waals surface area contributed by atoms with Crippen LogP contribution in [0.25, 0.3) is 21.1 Å². The van der Waals surface area contributed by atoms with Crippen LogP contribution >= 0.6 is 11.3 Å². The first-order valence-corrected chi connectivity index (χ1v) is 5.50.